The third-order valence-corrected chi connectivity index (χ3v) is 3.39. The van der Waals surface area contributed by atoms with Gasteiger partial charge < -0.3 is 10.1 Å². The number of nitrogens with one attached hydrogen (secondary N) is 1. The van der Waals surface area contributed by atoms with Gasteiger partial charge in [0.25, 0.3) is 0 Å². The second kappa shape index (κ2) is 5.67. The van der Waals surface area contributed by atoms with Gasteiger partial charge in [0.2, 0.25) is 0 Å². The summed E-state index contributed by atoms with van der Waals surface area (Å²) in [5, 5.41) is 9.75. The number of carbonyl (C=O) groups excluding carboxylic acids is 1. The van der Waals surface area contributed by atoms with Gasteiger partial charge in [-0.05, 0) is 23.8 Å². The molecule has 104 valence electrons. The molecule has 0 saturated heterocycles. The molecule has 3 aromatic rings. The standard InChI is InChI=1S/C18H15NO2/c20-17-9-5-4-8-16(17)18(21)14-11-15(19-12-14)10-13-6-2-1-3-7-13/h1-9,11-12,19-20H,10H2. The number of benzene rings is 2. The van der Waals surface area contributed by atoms with E-state index in [-0.39, 0.29) is 11.5 Å². The number of ketones is 1. The fourth-order valence-corrected chi connectivity index (χ4v) is 2.31. The smallest absolute Gasteiger partial charge is 0.198 e. The quantitative estimate of drug-likeness (QED) is 0.717. The highest BCUT2D eigenvalue weighted by Gasteiger charge is 2.14. The Morgan fingerprint density at radius 2 is 1.71 bits per heavy atom. The Bertz CT molecular complexity index is 760. The topological polar surface area (TPSA) is 53.1 Å². The lowest BCUT2D eigenvalue weighted by Crippen LogP contribution is -1.99. The summed E-state index contributed by atoms with van der Waals surface area (Å²) in [7, 11) is 0. The first-order chi connectivity index (χ1) is 10.2. The molecule has 0 bridgehead atoms. The van der Waals surface area contributed by atoms with Crippen molar-refractivity contribution in [2.24, 2.45) is 0 Å². The van der Waals surface area contributed by atoms with Gasteiger partial charge in [-0.25, -0.2) is 0 Å². The minimum absolute atomic E-state index is 0.00769. The molecule has 21 heavy (non-hydrogen) atoms. The number of phenols is 1. The second-order valence-corrected chi connectivity index (χ2v) is 4.92. The zero-order chi connectivity index (χ0) is 14.7. The van der Waals surface area contributed by atoms with Crippen LogP contribution in [0.2, 0.25) is 0 Å². The van der Waals surface area contributed by atoms with Gasteiger partial charge in [0.15, 0.2) is 5.78 Å². The van der Waals surface area contributed by atoms with E-state index in [2.05, 4.69) is 4.98 Å². The minimum Gasteiger partial charge on any atom is -0.507 e. The Hall–Kier alpha value is -2.81. The van der Waals surface area contributed by atoms with Crippen LogP contribution in [0.25, 0.3) is 0 Å². The van der Waals surface area contributed by atoms with E-state index >= 15 is 0 Å². The monoisotopic (exact) mass is 277 g/mol. The lowest BCUT2D eigenvalue weighted by Gasteiger charge is -2.01. The molecule has 0 radical (unpaired) electrons. The van der Waals surface area contributed by atoms with Crippen LogP contribution in [0.15, 0.2) is 66.9 Å². The zero-order valence-corrected chi connectivity index (χ0v) is 11.4. The number of carbonyl (C=O) groups is 1. The number of aromatic nitrogens is 1. The predicted octanol–water partition coefficient (Wildman–Crippen LogP) is 3.54. The Balaban J connectivity index is 1.82. The molecular weight excluding hydrogens is 262 g/mol. The molecule has 0 saturated carbocycles. The van der Waals surface area contributed by atoms with Crippen LogP contribution in [0, 0.1) is 0 Å². The fourth-order valence-electron chi connectivity index (χ4n) is 2.31. The van der Waals surface area contributed by atoms with Crippen LogP contribution in [0.3, 0.4) is 0 Å². The van der Waals surface area contributed by atoms with Crippen molar-refractivity contribution in [3.05, 3.63) is 89.2 Å². The largest absolute Gasteiger partial charge is 0.507 e. The summed E-state index contributed by atoms with van der Waals surface area (Å²) in [5.41, 5.74) is 3.03. The van der Waals surface area contributed by atoms with Gasteiger partial charge in [0, 0.05) is 23.9 Å². The molecule has 0 amide bonds. The summed E-state index contributed by atoms with van der Waals surface area (Å²) < 4.78 is 0. The Kier molecular flexibility index (Phi) is 3.56. The summed E-state index contributed by atoms with van der Waals surface area (Å²) in [6.45, 7) is 0. The first-order valence-electron chi connectivity index (χ1n) is 6.78. The molecule has 2 aromatic carbocycles. The van der Waals surface area contributed by atoms with Crippen molar-refractivity contribution in [1.29, 1.82) is 0 Å². The summed E-state index contributed by atoms with van der Waals surface area (Å²) >= 11 is 0. The van der Waals surface area contributed by atoms with Gasteiger partial charge >= 0.3 is 0 Å². The maximum absolute atomic E-state index is 12.4. The van der Waals surface area contributed by atoms with Crippen LogP contribution in [0.4, 0.5) is 0 Å². The molecule has 1 heterocycles. The number of rotatable bonds is 4. The number of aromatic hydroxyl groups is 1. The van der Waals surface area contributed by atoms with E-state index in [1.165, 1.54) is 11.6 Å². The van der Waals surface area contributed by atoms with E-state index in [0.717, 1.165) is 12.1 Å². The van der Waals surface area contributed by atoms with Crippen molar-refractivity contribution in [3.8, 4) is 5.75 Å². The molecular formula is C18H15NO2. The van der Waals surface area contributed by atoms with E-state index in [0.29, 0.717) is 11.1 Å². The van der Waals surface area contributed by atoms with Crippen LogP contribution in [-0.2, 0) is 6.42 Å². The van der Waals surface area contributed by atoms with Crippen molar-refractivity contribution in [3.63, 3.8) is 0 Å². The van der Waals surface area contributed by atoms with Gasteiger partial charge in [-0.3, -0.25) is 4.79 Å². The molecule has 2 N–H and O–H groups in total. The molecule has 0 aliphatic rings. The number of hydrogen-bond donors (Lipinski definition) is 2. The van der Waals surface area contributed by atoms with E-state index in [4.69, 9.17) is 0 Å². The highest BCUT2D eigenvalue weighted by atomic mass is 16.3. The summed E-state index contributed by atoms with van der Waals surface area (Å²) in [5.74, 6) is -0.169. The maximum atomic E-state index is 12.4. The molecule has 3 nitrogen and oxygen atoms in total. The maximum Gasteiger partial charge on any atom is 0.198 e. The first kappa shape index (κ1) is 13.2. The van der Waals surface area contributed by atoms with Crippen LogP contribution in [0.5, 0.6) is 5.75 Å². The molecule has 3 rings (SSSR count). The van der Waals surface area contributed by atoms with Crippen molar-refractivity contribution in [1.82, 2.24) is 4.98 Å². The third kappa shape index (κ3) is 2.87. The van der Waals surface area contributed by atoms with Crippen LogP contribution >= 0.6 is 0 Å². The Morgan fingerprint density at radius 3 is 2.48 bits per heavy atom. The molecule has 0 fully saturated rings. The van der Waals surface area contributed by atoms with Crippen LogP contribution in [-0.4, -0.2) is 15.9 Å². The number of hydrogen-bond acceptors (Lipinski definition) is 2. The average Bonchev–Trinajstić information content (AvgIpc) is 2.97. The molecule has 0 atom stereocenters. The Morgan fingerprint density at radius 1 is 1.00 bits per heavy atom. The molecule has 0 spiro atoms. The SMILES string of the molecule is O=C(c1c[nH]c(Cc2ccccc2)c1)c1ccccc1O. The first-order valence-corrected chi connectivity index (χ1v) is 6.78. The van der Waals surface area contributed by atoms with Crippen LogP contribution in [0.1, 0.15) is 27.2 Å². The average molecular weight is 277 g/mol. The van der Waals surface area contributed by atoms with Gasteiger partial charge in [0.05, 0.1) is 5.56 Å². The Labute approximate surface area is 122 Å². The molecule has 0 aliphatic carbocycles. The van der Waals surface area contributed by atoms with Crippen LogP contribution < -0.4 is 0 Å². The van der Waals surface area contributed by atoms with E-state index in [9.17, 15) is 9.90 Å². The number of phenolic OH excluding ortho intramolecular Hbond substituents is 1. The van der Waals surface area contributed by atoms with E-state index < -0.39 is 0 Å². The van der Waals surface area contributed by atoms with Gasteiger partial charge in [-0.2, -0.15) is 0 Å². The van der Waals surface area contributed by atoms with E-state index in [1.807, 2.05) is 36.4 Å². The molecule has 0 unspecified atom stereocenters. The van der Waals surface area contributed by atoms with E-state index in [1.54, 1.807) is 24.4 Å². The minimum atomic E-state index is -0.177. The lowest BCUT2D eigenvalue weighted by atomic mass is 10.0. The fraction of sp³-hybridized carbons (Fsp3) is 0.0556. The van der Waals surface area contributed by atoms with Crippen molar-refractivity contribution < 1.29 is 9.90 Å². The number of aromatic amines is 1. The molecule has 3 heteroatoms. The van der Waals surface area contributed by atoms with Gasteiger partial charge in [0.1, 0.15) is 5.75 Å². The number of para-hydroxylation sites is 1. The normalized spacial score (nSPS) is 10.5. The summed E-state index contributed by atoms with van der Waals surface area (Å²) in [6, 6.07) is 18.5. The summed E-state index contributed by atoms with van der Waals surface area (Å²) in [6.07, 6.45) is 2.43. The second-order valence-electron chi connectivity index (χ2n) is 4.92. The molecule has 0 aliphatic heterocycles. The summed E-state index contributed by atoms with van der Waals surface area (Å²) in [4.78, 5) is 15.5. The van der Waals surface area contributed by atoms with Gasteiger partial charge in [-0.1, -0.05) is 42.5 Å². The highest BCUT2D eigenvalue weighted by Crippen LogP contribution is 2.20. The van der Waals surface area contributed by atoms with Crippen molar-refractivity contribution in [2.45, 2.75) is 6.42 Å². The third-order valence-electron chi connectivity index (χ3n) is 3.39. The molecule has 1 aromatic heterocycles. The zero-order valence-electron chi connectivity index (χ0n) is 11.4. The lowest BCUT2D eigenvalue weighted by molar-refractivity contribution is 0.103. The van der Waals surface area contributed by atoms with Crippen molar-refractivity contribution in [2.75, 3.05) is 0 Å². The van der Waals surface area contributed by atoms with Crippen molar-refractivity contribution >= 4 is 5.78 Å². The number of H-pyrrole nitrogens is 1. The van der Waals surface area contributed by atoms with Gasteiger partial charge in [-0.15, -0.1) is 0 Å². The highest BCUT2D eigenvalue weighted by molar-refractivity contribution is 6.10. The predicted molar refractivity (Wildman–Crippen MR) is 81.6 cm³/mol.